The van der Waals surface area contributed by atoms with Crippen LogP contribution in [-0.4, -0.2) is 28.9 Å². The van der Waals surface area contributed by atoms with Crippen molar-refractivity contribution in [2.45, 2.75) is 52.6 Å². The van der Waals surface area contributed by atoms with Gasteiger partial charge >= 0.3 is 0 Å². The predicted molar refractivity (Wildman–Crippen MR) is 96.7 cm³/mol. The van der Waals surface area contributed by atoms with Crippen molar-refractivity contribution in [1.82, 2.24) is 9.78 Å². The van der Waals surface area contributed by atoms with Crippen molar-refractivity contribution < 1.29 is 9.53 Å². The van der Waals surface area contributed by atoms with Gasteiger partial charge in [0, 0.05) is 18.6 Å². The van der Waals surface area contributed by atoms with E-state index in [2.05, 4.69) is 26.1 Å². The topological polar surface area (TPSA) is 56.1 Å². The molecule has 0 aliphatic carbocycles. The quantitative estimate of drug-likeness (QED) is 0.906. The summed E-state index contributed by atoms with van der Waals surface area (Å²) in [6.45, 7) is 10.3. The van der Waals surface area contributed by atoms with Crippen LogP contribution in [0.1, 0.15) is 45.4 Å². The fourth-order valence-electron chi connectivity index (χ4n) is 2.49. The van der Waals surface area contributed by atoms with Gasteiger partial charge < -0.3 is 10.1 Å². The second-order valence-electron chi connectivity index (χ2n) is 6.98. The Hall–Kier alpha value is -2.14. The fourth-order valence-corrected chi connectivity index (χ4v) is 2.49. The number of rotatable bonds is 5. The van der Waals surface area contributed by atoms with Gasteiger partial charge in [-0.15, -0.1) is 0 Å². The third-order valence-corrected chi connectivity index (χ3v) is 4.02. The molecule has 1 atom stereocenters. The van der Waals surface area contributed by atoms with Crippen LogP contribution in [0.4, 0.5) is 5.82 Å². The van der Waals surface area contributed by atoms with Crippen molar-refractivity contribution >= 4 is 11.7 Å². The number of hydrogen-bond donors (Lipinski definition) is 1. The molecule has 0 aliphatic rings. The number of benzene rings is 1. The van der Waals surface area contributed by atoms with E-state index in [1.807, 2.05) is 44.2 Å². The van der Waals surface area contributed by atoms with Crippen LogP contribution in [0.5, 0.6) is 0 Å². The molecule has 1 heterocycles. The third-order valence-electron chi connectivity index (χ3n) is 4.02. The largest absolute Gasteiger partial charge is 0.372 e. The second kappa shape index (κ2) is 7.18. The third kappa shape index (κ3) is 3.85. The molecule has 0 aliphatic heterocycles. The van der Waals surface area contributed by atoms with E-state index in [4.69, 9.17) is 9.84 Å². The molecule has 0 spiro atoms. The highest BCUT2D eigenvalue weighted by Gasteiger charge is 2.23. The summed E-state index contributed by atoms with van der Waals surface area (Å²) in [5.74, 6) is 0.505. The summed E-state index contributed by atoms with van der Waals surface area (Å²) < 4.78 is 7.04. The van der Waals surface area contributed by atoms with Crippen LogP contribution in [0.25, 0.3) is 5.69 Å². The highest BCUT2D eigenvalue weighted by atomic mass is 16.5. The lowest BCUT2D eigenvalue weighted by Crippen LogP contribution is -2.29. The molecule has 0 saturated heterocycles. The van der Waals surface area contributed by atoms with E-state index >= 15 is 0 Å². The zero-order valence-electron chi connectivity index (χ0n) is 15.4. The van der Waals surface area contributed by atoms with E-state index in [0.29, 0.717) is 12.2 Å². The van der Waals surface area contributed by atoms with Crippen molar-refractivity contribution in [3.05, 3.63) is 41.6 Å². The lowest BCUT2D eigenvalue weighted by atomic mass is 9.92. The molecule has 0 bridgehead atoms. The van der Waals surface area contributed by atoms with E-state index in [1.165, 1.54) is 0 Å². The number of nitrogens with zero attached hydrogens (tertiary/aromatic N) is 2. The minimum Gasteiger partial charge on any atom is -0.372 e. The van der Waals surface area contributed by atoms with E-state index in [0.717, 1.165) is 16.9 Å². The minimum absolute atomic E-state index is 0.112. The van der Waals surface area contributed by atoms with Crippen molar-refractivity contribution in [3.63, 3.8) is 0 Å². The number of anilines is 1. The van der Waals surface area contributed by atoms with E-state index in [9.17, 15) is 4.79 Å². The highest BCUT2D eigenvalue weighted by Crippen LogP contribution is 2.27. The number of nitrogens with one attached hydrogen (secondary N) is 1. The number of methoxy groups -OCH3 is 1. The van der Waals surface area contributed by atoms with Crippen LogP contribution >= 0.6 is 0 Å². The van der Waals surface area contributed by atoms with Crippen LogP contribution in [-0.2, 0) is 14.9 Å². The van der Waals surface area contributed by atoms with Crippen molar-refractivity contribution in [1.29, 1.82) is 0 Å². The first-order valence-corrected chi connectivity index (χ1v) is 8.28. The van der Waals surface area contributed by atoms with Gasteiger partial charge in [-0.25, -0.2) is 4.68 Å². The van der Waals surface area contributed by atoms with Gasteiger partial charge in [0.2, 0.25) is 0 Å². The van der Waals surface area contributed by atoms with Crippen LogP contribution in [0.2, 0.25) is 0 Å². The summed E-state index contributed by atoms with van der Waals surface area (Å²) in [6.07, 6.45) is 0.149. The number of aryl methyl sites for hydroxylation is 1. The molecule has 0 fully saturated rings. The van der Waals surface area contributed by atoms with Gasteiger partial charge in [-0.3, -0.25) is 4.79 Å². The van der Waals surface area contributed by atoms with Crippen LogP contribution < -0.4 is 5.32 Å². The maximum Gasteiger partial charge on any atom is 0.254 e. The first kappa shape index (κ1) is 18.2. The number of aromatic nitrogens is 2. The Kier molecular flexibility index (Phi) is 5.44. The van der Waals surface area contributed by atoms with Gasteiger partial charge in [0.1, 0.15) is 11.9 Å². The molecule has 0 saturated carbocycles. The molecular formula is C19H27N3O2. The Morgan fingerprint density at radius 2 is 2.00 bits per heavy atom. The monoisotopic (exact) mass is 329 g/mol. The maximum atomic E-state index is 12.4. The maximum absolute atomic E-state index is 12.4. The number of amides is 1. The molecule has 0 radical (unpaired) electrons. The second-order valence-corrected chi connectivity index (χ2v) is 6.98. The molecule has 1 aromatic carbocycles. The van der Waals surface area contributed by atoms with Gasteiger partial charge in [0.05, 0.1) is 11.4 Å². The summed E-state index contributed by atoms with van der Waals surface area (Å²) in [6, 6.07) is 9.92. The predicted octanol–water partition coefficient (Wildman–Crippen LogP) is 3.84. The van der Waals surface area contributed by atoms with Crippen molar-refractivity contribution in [2.24, 2.45) is 0 Å². The molecule has 0 unspecified atom stereocenters. The van der Waals surface area contributed by atoms with Crippen LogP contribution in [0.3, 0.4) is 0 Å². The van der Waals surface area contributed by atoms with Gasteiger partial charge in [0.25, 0.3) is 5.91 Å². The SMILES string of the molecule is CC[C@H](OC)C(=O)Nc1cc(C(C)(C)C)nn1-c1ccccc1C. The molecule has 24 heavy (non-hydrogen) atoms. The number of hydrogen-bond acceptors (Lipinski definition) is 3. The van der Waals surface area contributed by atoms with E-state index in [1.54, 1.807) is 11.8 Å². The van der Waals surface area contributed by atoms with Crippen molar-refractivity contribution in [2.75, 3.05) is 12.4 Å². The fraction of sp³-hybridized carbons (Fsp3) is 0.474. The summed E-state index contributed by atoms with van der Waals surface area (Å²) >= 11 is 0. The van der Waals surface area contributed by atoms with Gasteiger partial charge in [-0.2, -0.15) is 5.10 Å². The Bertz CT molecular complexity index is 710. The molecule has 5 heteroatoms. The number of carbonyl (C=O) groups excluding carboxylic acids is 1. The molecule has 5 nitrogen and oxygen atoms in total. The lowest BCUT2D eigenvalue weighted by Gasteiger charge is -2.15. The minimum atomic E-state index is -0.469. The van der Waals surface area contributed by atoms with E-state index < -0.39 is 6.10 Å². The number of para-hydroxylation sites is 1. The Labute approximate surface area is 144 Å². The Morgan fingerprint density at radius 1 is 1.33 bits per heavy atom. The van der Waals surface area contributed by atoms with Gasteiger partial charge in [-0.05, 0) is 25.0 Å². The zero-order chi connectivity index (χ0) is 17.9. The smallest absolute Gasteiger partial charge is 0.254 e. The summed E-state index contributed by atoms with van der Waals surface area (Å²) in [7, 11) is 1.55. The van der Waals surface area contributed by atoms with Crippen LogP contribution in [0, 0.1) is 6.92 Å². The lowest BCUT2D eigenvalue weighted by molar-refractivity contribution is -0.125. The summed E-state index contributed by atoms with van der Waals surface area (Å²) in [4.78, 5) is 12.4. The molecule has 1 aromatic heterocycles. The standard InChI is InChI=1S/C19H27N3O2/c1-7-15(24-6)18(23)20-17-12-16(19(3,4)5)21-22(17)14-11-9-8-10-13(14)2/h8-12,15H,7H2,1-6H3,(H,20,23)/t15-/m0/s1. The highest BCUT2D eigenvalue weighted by molar-refractivity contribution is 5.93. The average molecular weight is 329 g/mol. The van der Waals surface area contributed by atoms with E-state index in [-0.39, 0.29) is 11.3 Å². The van der Waals surface area contributed by atoms with Crippen LogP contribution in [0.15, 0.2) is 30.3 Å². The summed E-state index contributed by atoms with van der Waals surface area (Å²) in [5.41, 5.74) is 2.86. The van der Waals surface area contributed by atoms with Crippen molar-refractivity contribution in [3.8, 4) is 5.69 Å². The van der Waals surface area contributed by atoms with Gasteiger partial charge in [0.15, 0.2) is 0 Å². The normalized spacial score (nSPS) is 12.9. The first-order chi connectivity index (χ1) is 11.3. The summed E-state index contributed by atoms with van der Waals surface area (Å²) in [5, 5.41) is 7.70. The number of carbonyl (C=O) groups is 1. The molecule has 1 N–H and O–H groups in total. The molecule has 2 rings (SSSR count). The molecular weight excluding hydrogens is 302 g/mol. The first-order valence-electron chi connectivity index (χ1n) is 8.28. The molecule has 1 amide bonds. The van der Waals surface area contributed by atoms with Gasteiger partial charge in [-0.1, -0.05) is 45.9 Å². The Balaban J connectivity index is 2.48. The number of ether oxygens (including phenoxy) is 1. The molecule has 2 aromatic rings. The average Bonchev–Trinajstić information content (AvgIpc) is 2.93. The Morgan fingerprint density at radius 3 is 2.54 bits per heavy atom. The zero-order valence-corrected chi connectivity index (χ0v) is 15.4. The molecule has 130 valence electrons.